The van der Waals surface area contributed by atoms with Crippen LogP contribution in [0.2, 0.25) is 10.0 Å². The molecule has 0 radical (unpaired) electrons. The number of hydrogen-bond donors (Lipinski definition) is 1. The molecule has 4 rings (SSSR count). The molecule has 0 spiro atoms. The third-order valence-corrected chi connectivity index (χ3v) is 4.83. The molecule has 2 aromatic carbocycles. The standard InChI is InChI=1S/C12H10ClFN2O2.C10H6ClFN2O2/c1-2-18-12(17)11-5-6-16(15-11)8-3-4-9(13)10(14)7-8;11-7-2-1-6(5-8(7)12)14-4-3-9(13-14)10(15)16/h3-7H,2H2,1H3;1-5H,(H,15,16). The lowest BCUT2D eigenvalue weighted by Crippen LogP contribution is -2.06. The fourth-order valence-corrected chi connectivity index (χ4v) is 2.85. The van der Waals surface area contributed by atoms with Crippen molar-refractivity contribution in [3.8, 4) is 11.4 Å². The van der Waals surface area contributed by atoms with Crippen LogP contribution in [-0.4, -0.2) is 43.2 Å². The van der Waals surface area contributed by atoms with Gasteiger partial charge in [0.1, 0.15) is 11.6 Å². The number of esters is 1. The van der Waals surface area contributed by atoms with Crippen molar-refractivity contribution in [2.45, 2.75) is 6.92 Å². The normalized spacial score (nSPS) is 10.4. The lowest BCUT2D eigenvalue weighted by atomic mass is 10.3. The molecular weight excluding hydrogens is 493 g/mol. The van der Waals surface area contributed by atoms with Crippen LogP contribution >= 0.6 is 23.2 Å². The summed E-state index contributed by atoms with van der Waals surface area (Å²) in [5.74, 6) is -2.76. The topological polar surface area (TPSA) is 99.2 Å². The van der Waals surface area contributed by atoms with Crippen molar-refractivity contribution in [2.24, 2.45) is 0 Å². The smallest absolute Gasteiger partial charge is 0.358 e. The summed E-state index contributed by atoms with van der Waals surface area (Å²) < 4.78 is 33.9. The molecule has 12 heteroatoms. The number of carbonyl (C=O) groups is 2. The number of hydrogen-bond acceptors (Lipinski definition) is 5. The van der Waals surface area contributed by atoms with E-state index in [9.17, 15) is 18.4 Å². The van der Waals surface area contributed by atoms with E-state index < -0.39 is 23.6 Å². The number of ether oxygens (including phenoxy) is 1. The highest BCUT2D eigenvalue weighted by Gasteiger charge is 2.12. The average Bonchev–Trinajstić information content (AvgIpc) is 3.49. The zero-order chi connectivity index (χ0) is 24.8. The summed E-state index contributed by atoms with van der Waals surface area (Å²) in [7, 11) is 0. The van der Waals surface area contributed by atoms with E-state index in [1.54, 1.807) is 25.3 Å². The molecule has 34 heavy (non-hydrogen) atoms. The summed E-state index contributed by atoms with van der Waals surface area (Å²) >= 11 is 11.1. The Hall–Kier alpha value is -3.76. The van der Waals surface area contributed by atoms with Gasteiger partial charge >= 0.3 is 11.9 Å². The summed E-state index contributed by atoms with van der Waals surface area (Å²) in [6.07, 6.45) is 2.99. The van der Waals surface area contributed by atoms with Crippen molar-refractivity contribution in [3.63, 3.8) is 0 Å². The molecule has 176 valence electrons. The van der Waals surface area contributed by atoms with Gasteiger partial charge in [-0.25, -0.2) is 27.7 Å². The van der Waals surface area contributed by atoms with Crippen molar-refractivity contribution in [2.75, 3.05) is 6.61 Å². The molecule has 1 N–H and O–H groups in total. The molecule has 8 nitrogen and oxygen atoms in total. The SMILES string of the molecule is CCOC(=O)c1ccn(-c2ccc(Cl)c(F)c2)n1.O=C(O)c1ccn(-c2ccc(Cl)c(F)c2)n1. The molecule has 0 fully saturated rings. The second-order valence-corrected chi connectivity index (χ2v) is 7.33. The summed E-state index contributed by atoms with van der Waals surface area (Å²) in [4.78, 5) is 22.0. The number of benzene rings is 2. The van der Waals surface area contributed by atoms with Crippen LogP contribution < -0.4 is 0 Å². The molecule has 0 bridgehead atoms. The van der Waals surface area contributed by atoms with E-state index in [4.69, 9.17) is 33.0 Å². The third-order valence-electron chi connectivity index (χ3n) is 4.22. The molecular formula is C22H16Cl2F2N4O4. The monoisotopic (exact) mass is 508 g/mol. The summed E-state index contributed by atoms with van der Waals surface area (Å²) in [6.45, 7) is 1.99. The highest BCUT2D eigenvalue weighted by Crippen LogP contribution is 2.19. The number of aromatic carboxylic acids is 1. The second-order valence-electron chi connectivity index (χ2n) is 6.51. The first kappa shape index (κ1) is 24.9. The molecule has 0 saturated heterocycles. The first-order chi connectivity index (χ1) is 16.2. The molecule has 0 aliphatic heterocycles. The molecule has 4 aromatic rings. The molecule has 0 unspecified atom stereocenters. The van der Waals surface area contributed by atoms with Crippen molar-refractivity contribution >= 4 is 35.1 Å². The molecule has 0 aliphatic carbocycles. The Bertz CT molecular complexity index is 1340. The number of carboxylic acids is 1. The van der Waals surface area contributed by atoms with E-state index in [2.05, 4.69) is 10.2 Å². The van der Waals surface area contributed by atoms with Gasteiger partial charge in [-0.15, -0.1) is 0 Å². The number of halogens is 4. The summed E-state index contributed by atoms with van der Waals surface area (Å²) in [5.41, 5.74) is 0.962. The maximum absolute atomic E-state index is 13.3. The minimum atomic E-state index is -1.13. The van der Waals surface area contributed by atoms with Gasteiger partial charge in [-0.2, -0.15) is 10.2 Å². The number of carboxylic acid groups (broad SMARTS) is 1. The second kappa shape index (κ2) is 10.9. The van der Waals surface area contributed by atoms with Crippen LogP contribution in [0, 0.1) is 11.6 Å². The van der Waals surface area contributed by atoms with Gasteiger partial charge in [-0.3, -0.25) is 0 Å². The highest BCUT2D eigenvalue weighted by atomic mass is 35.5. The highest BCUT2D eigenvalue weighted by molar-refractivity contribution is 6.31. The van der Waals surface area contributed by atoms with Gasteiger partial charge in [0.05, 0.1) is 28.0 Å². The van der Waals surface area contributed by atoms with Crippen LogP contribution in [0.25, 0.3) is 11.4 Å². The molecule has 0 saturated carbocycles. The van der Waals surface area contributed by atoms with E-state index in [0.717, 1.165) is 0 Å². The Kier molecular flexibility index (Phi) is 7.98. The zero-order valence-electron chi connectivity index (χ0n) is 17.5. The van der Waals surface area contributed by atoms with Crippen molar-refractivity contribution in [3.05, 3.63) is 94.0 Å². The quantitative estimate of drug-likeness (QED) is 0.371. The van der Waals surface area contributed by atoms with Gasteiger partial charge in [0.2, 0.25) is 0 Å². The summed E-state index contributed by atoms with van der Waals surface area (Å²) in [5, 5.41) is 16.5. The molecule has 2 heterocycles. The third kappa shape index (κ3) is 5.97. The van der Waals surface area contributed by atoms with Crippen LogP contribution in [0.4, 0.5) is 8.78 Å². The lowest BCUT2D eigenvalue weighted by Gasteiger charge is -2.02. The summed E-state index contributed by atoms with van der Waals surface area (Å²) in [6, 6.07) is 11.2. The van der Waals surface area contributed by atoms with Crippen molar-refractivity contribution < 1.29 is 28.2 Å². The minimum absolute atomic E-state index is 0.00867. The van der Waals surface area contributed by atoms with Crippen molar-refractivity contribution in [1.29, 1.82) is 0 Å². The van der Waals surface area contributed by atoms with Crippen molar-refractivity contribution in [1.82, 2.24) is 19.6 Å². The maximum atomic E-state index is 13.3. The van der Waals surface area contributed by atoms with E-state index in [0.29, 0.717) is 11.4 Å². The van der Waals surface area contributed by atoms with E-state index in [1.165, 1.54) is 52.0 Å². The molecule has 2 aromatic heterocycles. The van der Waals surface area contributed by atoms with Gasteiger partial charge in [0.25, 0.3) is 0 Å². The van der Waals surface area contributed by atoms with E-state index in [-0.39, 0.29) is 28.0 Å². The minimum Gasteiger partial charge on any atom is -0.476 e. The number of nitrogens with zero attached hydrogens (tertiary/aromatic N) is 4. The van der Waals surface area contributed by atoms with Crippen LogP contribution in [0.15, 0.2) is 60.9 Å². The molecule has 0 amide bonds. The fourth-order valence-electron chi connectivity index (χ4n) is 2.62. The van der Waals surface area contributed by atoms with Crippen LogP contribution in [-0.2, 0) is 4.74 Å². The van der Waals surface area contributed by atoms with E-state index >= 15 is 0 Å². The van der Waals surface area contributed by atoms with Gasteiger partial charge in [0, 0.05) is 24.5 Å². The number of rotatable bonds is 5. The predicted octanol–water partition coefficient (Wildman–Crippen LogP) is 5.20. The van der Waals surface area contributed by atoms with Gasteiger partial charge < -0.3 is 9.84 Å². The number of aromatic nitrogens is 4. The Morgan fingerprint density at radius 1 is 0.882 bits per heavy atom. The molecule has 0 aliphatic rings. The van der Waals surface area contributed by atoms with Gasteiger partial charge in [-0.1, -0.05) is 23.2 Å². The Balaban J connectivity index is 0.000000192. The largest absolute Gasteiger partial charge is 0.476 e. The Morgan fingerprint density at radius 3 is 1.76 bits per heavy atom. The fraction of sp³-hybridized carbons (Fsp3) is 0.0909. The predicted molar refractivity (Wildman–Crippen MR) is 120 cm³/mol. The first-order valence-corrected chi connectivity index (χ1v) is 10.4. The Morgan fingerprint density at radius 2 is 1.35 bits per heavy atom. The maximum Gasteiger partial charge on any atom is 0.358 e. The molecule has 0 atom stereocenters. The van der Waals surface area contributed by atoms with Gasteiger partial charge in [-0.05, 0) is 43.3 Å². The van der Waals surface area contributed by atoms with Crippen LogP contribution in [0.1, 0.15) is 27.9 Å². The lowest BCUT2D eigenvalue weighted by molar-refractivity contribution is 0.0518. The van der Waals surface area contributed by atoms with E-state index in [1.807, 2.05) is 0 Å². The average molecular weight is 509 g/mol. The number of carbonyl (C=O) groups excluding carboxylic acids is 1. The Labute approximate surface area is 201 Å². The van der Waals surface area contributed by atoms with Crippen LogP contribution in [0.3, 0.4) is 0 Å². The van der Waals surface area contributed by atoms with Crippen LogP contribution in [0.5, 0.6) is 0 Å². The first-order valence-electron chi connectivity index (χ1n) is 9.62. The zero-order valence-corrected chi connectivity index (χ0v) is 19.0. The van der Waals surface area contributed by atoms with Gasteiger partial charge in [0.15, 0.2) is 11.4 Å².